The Morgan fingerprint density at radius 1 is 1.20 bits per heavy atom. The summed E-state index contributed by atoms with van der Waals surface area (Å²) in [6, 6.07) is 6.90. The minimum absolute atomic E-state index is 0.612. The van der Waals surface area contributed by atoms with Crippen LogP contribution in [0.25, 0.3) is 0 Å². The third-order valence-corrected chi connectivity index (χ3v) is 4.46. The summed E-state index contributed by atoms with van der Waals surface area (Å²) in [5.41, 5.74) is 2.48. The fourth-order valence-corrected chi connectivity index (χ4v) is 2.59. The van der Waals surface area contributed by atoms with Gasteiger partial charge in [0.1, 0.15) is 5.75 Å². The number of hydrogen-bond donors (Lipinski definition) is 2. The molecule has 0 aliphatic heterocycles. The van der Waals surface area contributed by atoms with Crippen LogP contribution in [0.2, 0.25) is 0 Å². The zero-order valence-corrected chi connectivity index (χ0v) is 16.9. The van der Waals surface area contributed by atoms with Crippen LogP contribution in [0.3, 0.4) is 0 Å². The van der Waals surface area contributed by atoms with Crippen molar-refractivity contribution < 1.29 is 4.74 Å². The second kappa shape index (κ2) is 11.7. The van der Waals surface area contributed by atoms with E-state index < -0.39 is 0 Å². The molecule has 0 aromatic heterocycles. The molecule has 0 amide bonds. The summed E-state index contributed by atoms with van der Waals surface area (Å²) < 4.78 is 5.43. The zero-order valence-electron chi connectivity index (χ0n) is 16.9. The van der Waals surface area contributed by atoms with E-state index in [1.807, 2.05) is 13.1 Å². The van der Waals surface area contributed by atoms with Crippen LogP contribution in [0.1, 0.15) is 37.8 Å². The molecule has 0 radical (unpaired) electrons. The lowest BCUT2D eigenvalue weighted by molar-refractivity contribution is 0.268. The molecule has 142 valence electrons. The molecule has 0 heterocycles. The standard InChI is InChI=1S/C20H36N4O/c1-16(2)24(5)14-8-7-12-22-20(21-4)23-13-11-18-15-17(3)9-10-19(18)25-6/h9-10,15-16H,7-8,11-14H2,1-6H3,(H2,21,22,23). The molecule has 0 bridgehead atoms. The highest BCUT2D eigenvalue weighted by atomic mass is 16.5. The van der Waals surface area contributed by atoms with Crippen LogP contribution in [0.5, 0.6) is 5.75 Å². The molecule has 0 saturated heterocycles. The van der Waals surface area contributed by atoms with Gasteiger partial charge < -0.3 is 20.3 Å². The molecule has 2 N–H and O–H groups in total. The fraction of sp³-hybridized carbons (Fsp3) is 0.650. The van der Waals surface area contributed by atoms with Gasteiger partial charge in [-0.3, -0.25) is 4.99 Å². The predicted octanol–water partition coefficient (Wildman–Crippen LogP) is 2.83. The number of methoxy groups -OCH3 is 1. The van der Waals surface area contributed by atoms with E-state index in [2.05, 4.69) is 60.5 Å². The first-order valence-electron chi connectivity index (χ1n) is 9.26. The van der Waals surface area contributed by atoms with Gasteiger partial charge in [-0.2, -0.15) is 0 Å². The highest BCUT2D eigenvalue weighted by Crippen LogP contribution is 2.19. The molecule has 5 heteroatoms. The number of nitrogens with one attached hydrogen (secondary N) is 2. The number of ether oxygens (including phenoxy) is 1. The maximum absolute atomic E-state index is 5.43. The van der Waals surface area contributed by atoms with E-state index in [9.17, 15) is 0 Å². The monoisotopic (exact) mass is 348 g/mol. The molecule has 25 heavy (non-hydrogen) atoms. The van der Waals surface area contributed by atoms with E-state index in [1.165, 1.54) is 17.5 Å². The van der Waals surface area contributed by atoms with Gasteiger partial charge in [-0.1, -0.05) is 17.7 Å². The van der Waals surface area contributed by atoms with Crippen LogP contribution >= 0.6 is 0 Å². The van der Waals surface area contributed by atoms with Crippen molar-refractivity contribution in [1.29, 1.82) is 0 Å². The van der Waals surface area contributed by atoms with Crippen LogP contribution in [-0.4, -0.2) is 57.7 Å². The molecule has 0 saturated carbocycles. The van der Waals surface area contributed by atoms with Crippen LogP contribution in [0.4, 0.5) is 0 Å². The number of rotatable bonds is 10. The van der Waals surface area contributed by atoms with Gasteiger partial charge in [-0.05, 0) is 65.3 Å². The van der Waals surface area contributed by atoms with Gasteiger partial charge >= 0.3 is 0 Å². The van der Waals surface area contributed by atoms with Crippen molar-refractivity contribution in [3.05, 3.63) is 29.3 Å². The molecule has 0 fully saturated rings. The number of benzene rings is 1. The third-order valence-electron chi connectivity index (χ3n) is 4.46. The minimum atomic E-state index is 0.612. The van der Waals surface area contributed by atoms with Crippen LogP contribution in [0.15, 0.2) is 23.2 Å². The first-order chi connectivity index (χ1) is 12.0. The van der Waals surface area contributed by atoms with Gasteiger partial charge in [0.25, 0.3) is 0 Å². The van der Waals surface area contributed by atoms with Crippen molar-refractivity contribution in [2.75, 3.05) is 40.8 Å². The number of nitrogens with zero attached hydrogens (tertiary/aromatic N) is 2. The Kier molecular flexibility index (Phi) is 10.0. The van der Waals surface area contributed by atoms with Crippen molar-refractivity contribution in [1.82, 2.24) is 15.5 Å². The van der Waals surface area contributed by atoms with E-state index >= 15 is 0 Å². The number of aliphatic imine (C=N–C) groups is 1. The highest BCUT2D eigenvalue weighted by molar-refractivity contribution is 5.79. The Morgan fingerprint density at radius 3 is 2.56 bits per heavy atom. The van der Waals surface area contributed by atoms with Crippen molar-refractivity contribution >= 4 is 5.96 Å². The lowest BCUT2D eigenvalue weighted by Gasteiger charge is -2.20. The van der Waals surface area contributed by atoms with Gasteiger partial charge in [0, 0.05) is 26.2 Å². The summed E-state index contributed by atoms with van der Waals surface area (Å²) in [7, 11) is 5.71. The summed E-state index contributed by atoms with van der Waals surface area (Å²) >= 11 is 0. The van der Waals surface area contributed by atoms with Crippen LogP contribution < -0.4 is 15.4 Å². The highest BCUT2D eigenvalue weighted by Gasteiger charge is 2.05. The average Bonchev–Trinajstić information content (AvgIpc) is 2.59. The second-order valence-corrected chi connectivity index (χ2v) is 6.77. The maximum Gasteiger partial charge on any atom is 0.190 e. The van der Waals surface area contributed by atoms with Crippen molar-refractivity contribution in [2.45, 2.75) is 46.1 Å². The summed E-state index contributed by atoms with van der Waals surface area (Å²) in [5.74, 6) is 1.81. The maximum atomic E-state index is 5.43. The van der Waals surface area contributed by atoms with Gasteiger partial charge in [-0.25, -0.2) is 0 Å². The Bertz CT molecular complexity index is 528. The normalized spacial score (nSPS) is 11.9. The predicted molar refractivity (Wildman–Crippen MR) is 108 cm³/mol. The first kappa shape index (κ1) is 21.3. The molecule has 0 atom stereocenters. The number of guanidine groups is 1. The molecule has 1 aromatic rings. The van der Waals surface area contributed by atoms with E-state index in [1.54, 1.807) is 7.11 Å². The molecular formula is C20H36N4O. The molecule has 5 nitrogen and oxygen atoms in total. The van der Waals surface area contributed by atoms with Crippen molar-refractivity contribution in [3.8, 4) is 5.75 Å². The fourth-order valence-electron chi connectivity index (χ4n) is 2.59. The Hall–Kier alpha value is -1.75. The number of unbranched alkanes of at least 4 members (excludes halogenated alkanes) is 1. The van der Waals surface area contributed by atoms with Gasteiger partial charge in [0.15, 0.2) is 5.96 Å². The Morgan fingerprint density at radius 2 is 1.92 bits per heavy atom. The molecule has 0 aliphatic carbocycles. The summed E-state index contributed by atoms with van der Waals surface area (Å²) in [4.78, 5) is 6.67. The first-order valence-corrected chi connectivity index (χ1v) is 9.26. The quantitative estimate of drug-likeness (QED) is 0.388. The summed E-state index contributed by atoms with van der Waals surface area (Å²) in [6.07, 6.45) is 3.24. The van der Waals surface area contributed by atoms with Gasteiger partial charge in [0.2, 0.25) is 0 Å². The van der Waals surface area contributed by atoms with E-state index in [0.717, 1.165) is 44.2 Å². The topological polar surface area (TPSA) is 48.9 Å². The van der Waals surface area contributed by atoms with E-state index in [-0.39, 0.29) is 0 Å². The van der Waals surface area contributed by atoms with E-state index in [4.69, 9.17) is 4.74 Å². The number of hydrogen-bond acceptors (Lipinski definition) is 3. The average molecular weight is 349 g/mol. The van der Waals surface area contributed by atoms with Crippen molar-refractivity contribution in [2.24, 2.45) is 4.99 Å². The van der Waals surface area contributed by atoms with Gasteiger partial charge in [-0.15, -0.1) is 0 Å². The molecule has 0 unspecified atom stereocenters. The molecule has 1 rings (SSSR count). The molecule has 1 aromatic carbocycles. The van der Waals surface area contributed by atoms with Crippen LogP contribution in [0, 0.1) is 6.92 Å². The minimum Gasteiger partial charge on any atom is -0.496 e. The van der Waals surface area contributed by atoms with E-state index in [0.29, 0.717) is 6.04 Å². The van der Waals surface area contributed by atoms with Crippen molar-refractivity contribution in [3.63, 3.8) is 0 Å². The smallest absolute Gasteiger partial charge is 0.190 e. The van der Waals surface area contributed by atoms with Crippen LogP contribution in [-0.2, 0) is 6.42 Å². The lowest BCUT2D eigenvalue weighted by atomic mass is 10.1. The lowest BCUT2D eigenvalue weighted by Crippen LogP contribution is -2.39. The zero-order chi connectivity index (χ0) is 18.7. The SMILES string of the molecule is CN=C(NCCCCN(C)C(C)C)NCCc1cc(C)ccc1OC. The molecule has 0 spiro atoms. The summed E-state index contributed by atoms with van der Waals surface area (Å²) in [6.45, 7) is 9.47. The summed E-state index contributed by atoms with van der Waals surface area (Å²) in [5, 5.41) is 6.77. The molecule has 0 aliphatic rings. The number of aryl methyl sites for hydroxylation is 1. The molecular weight excluding hydrogens is 312 g/mol. The Balaban J connectivity index is 2.28. The third kappa shape index (κ3) is 8.25. The largest absolute Gasteiger partial charge is 0.496 e. The Labute approximate surface area is 153 Å². The second-order valence-electron chi connectivity index (χ2n) is 6.77. The van der Waals surface area contributed by atoms with Gasteiger partial charge in [0.05, 0.1) is 7.11 Å².